The number of likely N-dealkylation sites (N-methyl/N-ethyl adjacent to an activating group) is 1. The Kier molecular flexibility index (Phi) is 7.73. The normalized spacial score (nSPS) is 16.0. The van der Waals surface area contributed by atoms with Crippen LogP contribution in [0.5, 0.6) is 0 Å². The summed E-state index contributed by atoms with van der Waals surface area (Å²) in [6.45, 7) is 0.311. The van der Waals surface area contributed by atoms with Gasteiger partial charge in [0, 0.05) is 43.7 Å². The smallest absolute Gasteiger partial charge is 0.243 e. The molecular weight excluding hydrogens is 474 g/mol. The van der Waals surface area contributed by atoms with Crippen LogP contribution in [-0.4, -0.2) is 76.0 Å². The zero-order valence-corrected chi connectivity index (χ0v) is 19.9. The van der Waals surface area contributed by atoms with Crippen LogP contribution < -0.4 is 0 Å². The van der Waals surface area contributed by atoms with Crippen LogP contribution in [0.1, 0.15) is 5.56 Å². The van der Waals surface area contributed by atoms with Crippen molar-refractivity contribution < 1.29 is 21.6 Å². The molecule has 1 aliphatic rings. The van der Waals surface area contributed by atoms with Gasteiger partial charge in [-0.15, -0.1) is 0 Å². The fourth-order valence-corrected chi connectivity index (χ4v) is 5.59. The Labute approximate surface area is 193 Å². The second-order valence-electron chi connectivity index (χ2n) is 7.25. The van der Waals surface area contributed by atoms with Gasteiger partial charge in [-0.05, 0) is 35.9 Å². The number of amides is 1. The first-order valence-electron chi connectivity index (χ1n) is 9.82. The molecule has 3 rings (SSSR count). The first-order valence-corrected chi connectivity index (χ1v) is 13.1. The van der Waals surface area contributed by atoms with Gasteiger partial charge >= 0.3 is 0 Å². The van der Waals surface area contributed by atoms with Gasteiger partial charge in [0.2, 0.25) is 26.0 Å². The number of benzene rings is 2. The number of carbonyl (C=O) groups excluding carboxylic acids is 1. The first kappa shape index (κ1) is 24.4. The first-order chi connectivity index (χ1) is 15.1. The Bertz CT molecular complexity index is 1180. The summed E-state index contributed by atoms with van der Waals surface area (Å²) in [6, 6.07) is 14.8. The monoisotopic (exact) mass is 497 g/mol. The second kappa shape index (κ2) is 10.1. The van der Waals surface area contributed by atoms with Crippen LogP contribution in [0.15, 0.2) is 64.9 Å². The molecule has 2 aromatic carbocycles. The largest absolute Gasteiger partial charge is 0.339 e. The molecule has 11 heteroatoms. The van der Waals surface area contributed by atoms with E-state index in [9.17, 15) is 21.6 Å². The lowest BCUT2D eigenvalue weighted by molar-refractivity contribution is -0.132. The summed E-state index contributed by atoms with van der Waals surface area (Å²) in [5.74, 6) is -0.387. The molecule has 172 valence electrons. The fraction of sp³-hybridized carbons (Fsp3) is 0.286. The van der Waals surface area contributed by atoms with Gasteiger partial charge in [0.25, 0.3) is 0 Å². The Hall–Kier alpha value is -2.24. The number of rotatable bonds is 7. The van der Waals surface area contributed by atoms with Crippen LogP contribution in [0.25, 0.3) is 6.08 Å². The Morgan fingerprint density at radius 3 is 2.16 bits per heavy atom. The summed E-state index contributed by atoms with van der Waals surface area (Å²) in [5, 5.41) is 1.57. The van der Waals surface area contributed by atoms with Crippen molar-refractivity contribution in [2.75, 3.05) is 39.8 Å². The predicted octanol–water partition coefficient (Wildman–Crippen LogP) is 2.11. The number of carbonyl (C=O) groups is 1. The lowest BCUT2D eigenvalue weighted by Gasteiger charge is -2.34. The molecule has 32 heavy (non-hydrogen) atoms. The third kappa shape index (κ3) is 5.96. The SMILES string of the molecule is CN(CC(=O)N1CCN(S(=O)(=O)/C=C/c2ccccc2)CC1)S(=O)(=O)c1ccc(Cl)cc1. The second-order valence-corrected chi connectivity index (χ2v) is 11.6. The van der Waals surface area contributed by atoms with E-state index in [2.05, 4.69) is 0 Å². The molecule has 1 amide bonds. The molecule has 2 aromatic rings. The molecule has 1 saturated heterocycles. The van der Waals surface area contributed by atoms with Gasteiger partial charge in [-0.1, -0.05) is 41.9 Å². The average molecular weight is 498 g/mol. The molecule has 1 aliphatic heterocycles. The number of halogens is 1. The quantitative estimate of drug-likeness (QED) is 0.584. The van der Waals surface area contributed by atoms with Gasteiger partial charge in [-0.2, -0.15) is 8.61 Å². The third-order valence-corrected chi connectivity index (χ3v) is 8.70. The standard InChI is InChI=1S/C21H24ClN3O5S2/c1-23(32(29,30)20-9-7-19(22)8-10-20)17-21(26)24-12-14-25(15-13-24)31(27,28)16-11-18-5-3-2-4-6-18/h2-11,16H,12-15,17H2,1H3/b16-11+. The van der Waals surface area contributed by atoms with Gasteiger partial charge in [-0.25, -0.2) is 16.8 Å². The summed E-state index contributed by atoms with van der Waals surface area (Å²) in [5.41, 5.74) is 0.773. The van der Waals surface area contributed by atoms with E-state index in [0.717, 1.165) is 15.3 Å². The van der Waals surface area contributed by atoms with Gasteiger partial charge < -0.3 is 4.90 Å². The van der Waals surface area contributed by atoms with E-state index >= 15 is 0 Å². The van der Waals surface area contributed by atoms with E-state index in [4.69, 9.17) is 11.6 Å². The molecule has 0 atom stereocenters. The van der Waals surface area contributed by atoms with Crippen molar-refractivity contribution in [3.8, 4) is 0 Å². The maximum absolute atomic E-state index is 12.7. The minimum Gasteiger partial charge on any atom is -0.339 e. The maximum atomic E-state index is 12.7. The minimum absolute atomic E-state index is 0.0401. The van der Waals surface area contributed by atoms with Gasteiger partial charge in [-0.3, -0.25) is 4.79 Å². The molecule has 8 nitrogen and oxygen atoms in total. The molecule has 0 aromatic heterocycles. The van der Waals surface area contributed by atoms with Crippen molar-refractivity contribution in [1.82, 2.24) is 13.5 Å². The Balaban J connectivity index is 1.57. The van der Waals surface area contributed by atoms with E-state index in [1.807, 2.05) is 18.2 Å². The van der Waals surface area contributed by atoms with Crippen molar-refractivity contribution in [3.05, 3.63) is 70.6 Å². The van der Waals surface area contributed by atoms with Crippen LogP contribution in [0, 0.1) is 0 Å². The lowest BCUT2D eigenvalue weighted by atomic mass is 10.2. The van der Waals surface area contributed by atoms with Crippen molar-refractivity contribution >= 4 is 43.6 Å². The predicted molar refractivity (Wildman–Crippen MR) is 124 cm³/mol. The Morgan fingerprint density at radius 2 is 1.56 bits per heavy atom. The number of piperazine rings is 1. The minimum atomic E-state index is -3.85. The molecule has 0 spiro atoms. The van der Waals surface area contributed by atoms with Crippen molar-refractivity contribution in [2.24, 2.45) is 0 Å². The van der Waals surface area contributed by atoms with Crippen LogP contribution in [-0.2, 0) is 24.8 Å². The molecular formula is C21H24ClN3O5S2. The summed E-state index contributed by atoms with van der Waals surface area (Å²) in [4.78, 5) is 14.1. The zero-order valence-electron chi connectivity index (χ0n) is 17.5. The number of nitrogens with zero attached hydrogens (tertiary/aromatic N) is 3. The van der Waals surface area contributed by atoms with Gasteiger partial charge in [0.15, 0.2) is 0 Å². The third-order valence-electron chi connectivity index (χ3n) is 5.06. The van der Waals surface area contributed by atoms with Crippen LogP contribution in [0.2, 0.25) is 5.02 Å². The highest BCUT2D eigenvalue weighted by molar-refractivity contribution is 7.92. The van der Waals surface area contributed by atoms with E-state index in [1.165, 1.54) is 46.6 Å². The average Bonchev–Trinajstić information content (AvgIpc) is 2.79. The highest BCUT2D eigenvalue weighted by Crippen LogP contribution is 2.18. The zero-order chi connectivity index (χ0) is 23.4. The summed E-state index contributed by atoms with van der Waals surface area (Å²) < 4.78 is 52.7. The lowest BCUT2D eigenvalue weighted by Crippen LogP contribution is -2.52. The number of hydrogen-bond acceptors (Lipinski definition) is 5. The van der Waals surface area contributed by atoms with Crippen LogP contribution in [0.4, 0.5) is 0 Å². The molecule has 0 N–H and O–H groups in total. The maximum Gasteiger partial charge on any atom is 0.243 e. The topological polar surface area (TPSA) is 95.1 Å². The molecule has 1 fully saturated rings. The summed E-state index contributed by atoms with van der Waals surface area (Å²) >= 11 is 5.80. The number of hydrogen-bond donors (Lipinski definition) is 0. The summed E-state index contributed by atoms with van der Waals surface area (Å²) in [7, 11) is -6.13. The fourth-order valence-electron chi connectivity index (χ4n) is 3.17. The van der Waals surface area contributed by atoms with E-state index < -0.39 is 20.0 Å². The molecule has 1 heterocycles. The molecule has 0 radical (unpaired) electrons. The summed E-state index contributed by atoms with van der Waals surface area (Å²) in [6.07, 6.45) is 1.53. The van der Waals surface area contributed by atoms with E-state index in [1.54, 1.807) is 12.1 Å². The van der Waals surface area contributed by atoms with Crippen LogP contribution >= 0.6 is 11.6 Å². The van der Waals surface area contributed by atoms with E-state index in [-0.39, 0.29) is 43.5 Å². The van der Waals surface area contributed by atoms with Gasteiger partial charge in [0.1, 0.15) is 0 Å². The Morgan fingerprint density at radius 1 is 0.969 bits per heavy atom. The highest BCUT2D eigenvalue weighted by Gasteiger charge is 2.30. The van der Waals surface area contributed by atoms with Crippen molar-refractivity contribution in [2.45, 2.75) is 4.90 Å². The molecule has 0 aliphatic carbocycles. The number of sulfonamides is 2. The molecule has 0 unspecified atom stereocenters. The molecule has 0 saturated carbocycles. The van der Waals surface area contributed by atoms with Gasteiger partial charge in [0.05, 0.1) is 11.4 Å². The van der Waals surface area contributed by atoms with Crippen molar-refractivity contribution in [1.29, 1.82) is 0 Å². The van der Waals surface area contributed by atoms with Crippen LogP contribution in [0.3, 0.4) is 0 Å². The van der Waals surface area contributed by atoms with Crippen molar-refractivity contribution in [3.63, 3.8) is 0 Å². The highest BCUT2D eigenvalue weighted by atomic mass is 35.5. The van der Waals surface area contributed by atoms with E-state index in [0.29, 0.717) is 5.02 Å². The molecule has 0 bridgehead atoms.